The minimum Gasteiger partial charge on any atom is -0.493 e. The van der Waals surface area contributed by atoms with Gasteiger partial charge in [0.2, 0.25) is 5.91 Å². The monoisotopic (exact) mass is 496 g/mol. The number of carbonyl (C=O) groups is 1. The predicted molar refractivity (Wildman–Crippen MR) is 121 cm³/mol. The van der Waals surface area contributed by atoms with E-state index in [1.54, 1.807) is 12.1 Å². The van der Waals surface area contributed by atoms with E-state index in [1.165, 1.54) is 6.92 Å². The van der Waals surface area contributed by atoms with Crippen LogP contribution in [0.1, 0.15) is 24.9 Å². The van der Waals surface area contributed by atoms with E-state index in [0.29, 0.717) is 37.2 Å². The largest absolute Gasteiger partial charge is 0.493 e. The summed E-state index contributed by atoms with van der Waals surface area (Å²) < 4.78 is 11.3. The molecule has 1 aliphatic rings. The van der Waals surface area contributed by atoms with Crippen molar-refractivity contribution in [1.82, 2.24) is 5.32 Å². The number of hydrogen-bond acceptors (Lipinski definition) is 4. The molecule has 1 amide bonds. The van der Waals surface area contributed by atoms with Gasteiger partial charge in [-0.2, -0.15) is 0 Å². The fraction of sp³-hybridized carbons (Fsp3) is 0.300. The number of ether oxygens (including phenoxy) is 2. The lowest BCUT2D eigenvalue weighted by Crippen LogP contribution is -2.37. The zero-order valence-corrected chi connectivity index (χ0v) is 18.0. The smallest absolute Gasteiger partial charge is 0.221 e. The number of nitrogens with one attached hydrogen (secondary N) is 2. The fourth-order valence-corrected chi connectivity index (χ4v) is 2.91. The second-order valence-corrected chi connectivity index (χ2v) is 6.20. The number of rotatable bonds is 6. The summed E-state index contributed by atoms with van der Waals surface area (Å²) in [6.07, 6.45) is 0.833. The van der Waals surface area contributed by atoms with Crippen molar-refractivity contribution in [3.05, 3.63) is 54.1 Å². The Morgan fingerprint density at radius 3 is 2.93 bits per heavy atom. The second kappa shape index (κ2) is 10.7. The molecule has 150 valence electrons. The van der Waals surface area contributed by atoms with Gasteiger partial charge in [0.05, 0.1) is 19.2 Å². The Kier molecular flexibility index (Phi) is 8.37. The highest BCUT2D eigenvalue weighted by Crippen LogP contribution is 2.31. The van der Waals surface area contributed by atoms with Gasteiger partial charge in [0.1, 0.15) is 18.1 Å². The average Bonchev–Trinajstić information content (AvgIpc) is 2.65. The number of carbonyl (C=O) groups excluding carboxylic acids is 1. The van der Waals surface area contributed by atoms with Gasteiger partial charge < -0.3 is 25.8 Å². The van der Waals surface area contributed by atoms with Crippen molar-refractivity contribution in [2.75, 3.05) is 25.1 Å². The minimum absolute atomic E-state index is 0. The highest BCUT2D eigenvalue weighted by molar-refractivity contribution is 14.0. The summed E-state index contributed by atoms with van der Waals surface area (Å²) in [5.74, 6) is 1.82. The van der Waals surface area contributed by atoms with E-state index in [1.807, 2.05) is 36.4 Å². The number of para-hydroxylation sites is 1. The lowest BCUT2D eigenvalue weighted by molar-refractivity contribution is -0.114. The van der Waals surface area contributed by atoms with Gasteiger partial charge in [-0.3, -0.25) is 4.79 Å². The number of anilines is 1. The zero-order valence-electron chi connectivity index (χ0n) is 15.7. The summed E-state index contributed by atoms with van der Waals surface area (Å²) >= 11 is 0. The summed E-state index contributed by atoms with van der Waals surface area (Å²) in [7, 11) is 0. The Labute approximate surface area is 181 Å². The van der Waals surface area contributed by atoms with Gasteiger partial charge in [0, 0.05) is 30.7 Å². The number of hydrogen-bond donors (Lipinski definition) is 3. The molecule has 0 spiro atoms. The van der Waals surface area contributed by atoms with Crippen molar-refractivity contribution in [2.45, 2.75) is 19.4 Å². The molecule has 0 bridgehead atoms. The maximum absolute atomic E-state index is 11.1. The van der Waals surface area contributed by atoms with Crippen LogP contribution in [0.4, 0.5) is 5.69 Å². The van der Waals surface area contributed by atoms with Crippen molar-refractivity contribution in [3.8, 4) is 11.5 Å². The Hall–Kier alpha value is -2.49. The molecule has 1 heterocycles. The average molecular weight is 496 g/mol. The summed E-state index contributed by atoms with van der Waals surface area (Å²) in [4.78, 5) is 15.4. The number of benzene rings is 2. The van der Waals surface area contributed by atoms with Crippen LogP contribution in [0.3, 0.4) is 0 Å². The van der Waals surface area contributed by atoms with Crippen molar-refractivity contribution >= 4 is 41.5 Å². The molecule has 0 saturated carbocycles. The third kappa shape index (κ3) is 6.29. The molecule has 0 radical (unpaired) electrons. The van der Waals surface area contributed by atoms with Crippen molar-refractivity contribution in [2.24, 2.45) is 10.7 Å². The van der Waals surface area contributed by atoms with Crippen molar-refractivity contribution in [1.29, 1.82) is 0 Å². The normalized spacial score (nSPS) is 15.5. The predicted octanol–water partition coefficient (Wildman–Crippen LogP) is 3.07. The molecule has 1 aliphatic heterocycles. The van der Waals surface area contributed by atoms with Gasteiger partial charge in [-0.1, -0.05) is 24.3 Å². The van der Waals surface area contributed by atoms with Crippen LogP contribution in [-0.2, 0) is 4.79 Å². The molecule has 7 nitrogen and oxygen atoms in total. The highest BCUT2D eigenvalue weighted by atomic mass is 127. The first-order valence-electron chi connectivity index (χ1n) is 8.90. The third-order valence-electron chi connectivity index (χ3n) is 4.08. The fourth-order valence-electron chi connectivity index (χ4n) is 2.91. The van der Waals surface area contributed by atoms with Crippen LogP contribution >= 0.6 is 24.0 Å². The standard InChI is InChI=1S/C20H24N4O3.HI/c1-14(25)23-15-5-4-6-16(13-15)26-12-10-22-20(21)24-18-9-11-27-19-8-3-2-7-17(18)19;/h2-8,13,18H,9-12H2,1H3,(H,23,25)(H3,21,22,24);1H. The Bertz CT molecular complexity index is 829. The van der Waals surface area contributed by atoms with Crippen molar-refractivity contribution in [3.63, 3.8) is 0 Å². The van der Waals surface area contributed by atoms with Crippen LogP contribution in [0.5, 0.6) is 11.5 Å². The first-order chi connectivity index (χ1) is 13.1. The van der Waals surface area contributed by atoms with Gasteiger partial charge >= 0.3 is 0 Å². The summed E-state index contributed by atoms with van der Waals surface area (Å²) in [6, 6.07) is 15.2. The molecule has 0 aliphatic carbocycles. The lowest BCUT2D eigenvalue weighted by atomic mass is 10.0. The molecule has 4 N–H and O–H groups in total. The topological polar surface area (TPSA) is 98.0 Å². The van der Waals surface area contributed by atoms with E-state index < -0.39 is 0 Å². The van der Waals surface area contributed by atoms with E-state index >= 15 is 0 Å². The molecule has 28 heavy (non-hydrogen) atoms. The van der Waals surface area contributed by atoms with Crippen LogP contribution < -0.4 is 25.8 Å². The summed E-state index contributed by atoms with van der Waals surface area (Å²) in [6.45, 7) is 2.93. The molecular weight excluding hydrogens is 471 g/mol. The molecule has 0 aromatic heterocycles. The van der Waals surface area contributed by atoms with Crippen LogP contribution in [0.15, 0.2) is 53.5 Å². The highest BCUT2D eigenvalue weighted by Gasteiger charge is 2.21. The quantitative estimate of drug-likeness (QED) is 0.247. The number of amides is 1. The maximum Gasteiger partial charge on any atom is 0.221 e. The Morgan fingerprint density at radius 2 is 2.11 bits per heavy atom. The van der Waals surface area contributed by atoms with E-state index in [4.69, 9.17) is 15.2 Å². The number of nitrogens with two attached hydrogens (primary N) is 1. The third-order valence-corrected chi connectivity index (χ3v) is 4.08. The van der Waals surface area contributed by atoms with E-state index in [2.05, 4.69) is 15.6 Å². The van der Waals surface area contributed by atoms with Crippen molar-refractivity contribution < 1.29 is 14.3 Å². The SMILES string of the molecule is CC(=O)Nc1cccc(OCCN=C(N)NC2CCOc3ccccc32)c1.I. The summed E-state index contributed by atoms with van der Waals surface area (Å²) in [5.41, 5.74) is 7.80. The van der Waals surface area contributed by atoms with Crippen LogP contribution in [0.25, 0.3) is 0 Å². The number of aliphatic imine (C=N–C) groups is 1. The maximum atomic E-state index is 11.1. The second-order valence-electron chi connectivity index (χ2n) is 6.20. The molecule has 2 aromatic carbocycles. The van der Waals surface area contributed by atoms with Gasteiger partial charge in [-0.05, 0) is 18.2 Å². The van der Waals surface area contributed by atoms with Gasteiger partial charge in [-0.15, -0.1) is 24.0 Å². The van der Waals surface area contributed by atoms with Gasteiger partial charge in [0.25, 0.3) is 0 Å². The van der Waals surface area contributed by atoms with Gasteiger partial charge in [-0.25, -0.2) is 4.99 Å². The van der Waals surface area contributed by atoms with Crippen LogP contribution in [0, 0.1) is 0 Å². The molecule has 1 atom stereocenters. The molecule has 0 fully saturated rings. The molecular formula is C20H25IN4O3. The van der Waals surface area contributed by atoms with Gasteiger partial charge in [0.15, 0.2) is 5.96 Å². The minimum atomic E-state index is -0.120. The number of nitrogens with zero attached hydrogens (tertiary/aromatic N) is 1. The number of fused-ring (bicyclic) bond motifs is 1. The van der Waals surface area contributed by atoms with Crippen LogP contribution in [0.2, 0.25) is 0 Å². The number of halogens is 1. The first-order valence-corrected chi connectivity index (χ1v) is 8.90. The Balaban J connectivity index is 0.00000280. The van der Waals surface area contributed by atoms with E-state index in [9.17, 15) is 4.79 Å². The zero-order chi connectivity index (χ0) is 19.1. The van der Waals surface area contributed by atoms with E-state index in [0.717, 1.165) is 17.7 Å². The lowest BCUT2D eigenvalue weighted by Gasteiger charge is -2.26. The molecule has 3 rings (SSSR count). The molecule has 8 heteroatoms. The van der Waals surface area contributed by atoms with Crippen LogP contribution in [-0.4, -0.2) is 31.6 Å². The number of guanidine groups is 1. The molecule has 2 aromatic rings. The molecule has 0 saturated heterocycles. The first kappa shape index (κ1) is 21.8. The Morgan fingerprint density at radius 1 is 1.29 bits per heavy atom. The van der Waals surface area contributed by atoms with E-state index in [-0.39, 0.29) is 35.9 Å². The summed E-state index contributed by atoms with van der Waals surface area (Å²) in [5, 5.41) is 5.97. The molecule has 1 unspecified atom stereocenters.